The average Bonchev–Trinajstić information content (AvgIpc) is 3.19. The van der Waals surface area contributed by atoms with Gasteiger partial charge in [0.05, 0.1) is 20.3 Å². The van der Waals surface area contributed by atoms with E-state index in [9.17, 15) is 28.8 Å². The zero-order valence-corrected chi connectivity index (χ0v) is 33.6. The Morgan fingerprint density at radius 2 is 1.25 bits per heavy atom. The van der Waals surface area contributed by atoms with Gasteiger partial charge in [0, 0.05) is 34.0 Å². The lowest BCUT2D eigenvalue weighted by Gasteiger charge is -2.39. The van der Waals surface area contributed by atoms with Crippen LogP contribution in [-0.2, 0) is 41.6 Å². The van der Waals surface area contributed by atoms with E-state index in [1.54, 1.807) is 64.6 Å². The number of carbonyl (C=O) groups is 6. The number of amides is 6. The zero-order valence-electron chi connectivity index (χ0n) is 33.6. The van der Waals surface area contributed by atoms with Crippen molar-refractivity contribution in [1.82, 2.24) is 30.7 Å². The number of hydrogen-bond donors (Lipinski definition) is 3. The summed E-state index contributed by atoms with van der Waals surface area (Å²) in [5.41, 5.74) is 1.42. The lowest BCUT2D eigenvalue weighted by molar-refractivity contribution is -0.150. The third-order valence-electron chi connectivity index (χ3n) is 11.4. The van der Waals surface area contributed by atoms with E-state index >= 15 is 0 Å². The molecule has 3 heterocycles. The van der Waals surface area contributed by atoms with Gasteiger partial charge in [-0.15, -0.1) is 0 Å². The van der Waals surface area contributed by atoms with E-state index in [-0.39, 0.29) is 24.9 Å². The number of nitrogens with one attached hydrogen (secondary N) is 3. The first-order valence-electron chi connectivity index (χ1n) is 19.3. The smallest absolute Gasteiger partial charge is 0.245 e. The van der Waals surface area contributed by atoms with Gasteiger partial charge in [0.25, 0.3) is 0 Å². The Labute approximate surface area is 328 Å². The van der Waals surface area contributed by atoms with Crippen molar-refractivity contribution in [3.8, 4) is 17.2 Å². The highest BCUT2D eigenvalue weighted by atomic mass is 16.5. The molecule has 4 aliphatic rings. The van der Waals surface area contributed by atoms with Crippen LogP contribution in [0.15, 0.2) is 42.5 Å². The summed E-state index contributed by atoms with van der Waals surface area (Å²) in [5.74, 6) is -1.54. The van der Waals surface area contributed by atoms with Crippen molar-refractivity contribution in [2.45, 2.75) is 108 Å². The molecule has 0 radical (unpaired) electrons. The molecule has 15 heteroatoms. The van der Waals surface area contributed by atoms with E-state index in [1.807, 2.05) is 6.07 Å². The van der Waals surface area contributed by atoms with Crippen LogP contribution in [-0.4, -0.2) is 128 Å². The standard InChI is InChI=1S/C41H56N6O9/c1-23-36(48)43-24(2)39(51)45(4)31(19-26-9-14-29(54-7)15-10-26)38(50)44-25(3)40(52)47(6)33-20-27-11-16-30(17-12-27)56-35-22-28(13-18-34(35)55-8)21-32(37(49)42-23)46(5)41(33)53/h9-10,13-15,18,22-25,27,30-33H,11-12,16-17,19-21H2,1-8H3,(H,42,49)(H,43,48)(H,44,50)/t23-,24-,25-,27?,30?,31-,32+,33-/m0/s1. The fraction of sp³-hybridized carbons (Fsp3) is 0.561. The quantitative estimate of drug-likeness (QED) is 0.419. The third kappa shape index (κ3) is 9.54. The minimum Gasteiger partial charge on any atom is -0.497 e. The number of hydrogen-bond acceptors (Lipinski definition) is 9. The maximum atomic E-state index is 14.7. The second-order valence-corrected chi connectivity index (χ2v) is 15.3. The number of carbonyl (C=O) groups excluding carboxylic acids is 6. The molecule has 56 heavy (non-hydrogen) atoms. The summed E-state index contributed by atoms with van der Waals surface area (Å²) in [7, 11) is 7.64. The van der Waals surface area contributed by atoms with Crippen molar-refractivity contribution >= 4 is 35.4 Å². The molecular formula is C41H56N6O9. The molecule has 6 bridgehead atoms. The normalized spacial score (nSPS) is 28.7. The Bertz CT molecular complexity index is 1780. The summed E-state index contributed by atoms with van der Waals surface area (Å²) in [6.45, 7) is 4.53. The van der Waals surface area contributed by atoms with E-state index in [0.717, 1.165) is 31.2 Å². The molecule has 6 amide bonds. The predicted molar refractivity (Wildman–Crippen MR) is 207 cm³/mol. The Hall–Kier alpha value is -5.34. The minimum absolute atomic E-state index is 0.0585. The Morgan fingerprint density at radius 3 is 1.88 bits per heavy atom. The van der Waals surface area contributed by atoms with E-state index in [1.165, 1.54) is 42.6 Å². The van der Waals surface area contributed by atoms with Gasteiger partial charge in [0.2, 0.25) is 35.4 Å². The Morgan fingerprint density at radius 1 is 0.661 bits per heavy atom. The number of likely N-dealkylation sites (N-methyl/N-ethyl adjacent to an activating group) is 3. The Balaban J connectivity index is 1.55. The van der Waals surface area contributed by atoms with Crippen LogP contribution in [0.1, 0.15) is 64.0 Å². The largest absolute Gasteiger partial charge is 0.497 e. The van der Waals surface area contributed by atoms with E-state index in [0.29, 0.717) is 29.2 Å². The van der Waals surface area contributed by atoms with Crippen LogP contribution in [0.4, 0.5) is 0 Å². The summed E-state index contributed by atoms with van der Waals surface area (Å²) in [4.78, 5) is 88.5. The van der Waals surface area contributed by atoms with Gasteiger partial charge in [0.1, 0.15) is 42.0 Å². The molecule has 2 fully saturated rings. The highest BCUT2D eigenvalue weighted by molar-refractivity contribution is 5.98. The molecule has 304 valence electrons. The summed E-state index contributed by atoms with van der Waals surface area (Å²) in [6.07, 6.45) is 3.37. The van der Waals surface area contributed by atoms with E-state index < -0.39 is 71.7 Å². The number of benzene rings is 2. The maximum Gasteiger partial charge on any atom is 0.245 e. The molecule has 6 rings (SSSR count). The topological polar surface area (TPSA) is 176 Å². The van der Waals surface area contributed by atoms with E-state index in [2.05, 4.69) is 16.0 Å². The van der Waals surface area contributed by atoms with Crippen molar-refractivity contribution < 1.29 is 43.0 Å². The minimum atomic E-state index is -1.11. The zero-order chi connectivity index (χ0) is 40.8. The molecule has 0 aromatic heterocycles. The Kier molecular flexibility index (Phi) is 13.5. The van der Waals surface area contributed by atoms with Crippen molar-refractivity contribution in [3.05, 3.63) is 53.6 Å². The summed E-state index contributed by atoms with van der Waals surface area (Å²) >= 11 is 0. The number of fused-ring (bicyclic) bond motifs is 2. The fourth-order valence-corrected chi connectivity index (χ4v) is 7.82. The maximum absolute atomic E-state index is 14.7. The number of rotatable bonds is 4. The van der Waals surface area contributed by atoms with E-state index in [4.69, 9.17) is 14.2 Å². The molecule has 1 saturated carbocycles. The molecule has 0 unspecified atom stereocenters. The molecular weight excluding hydrogens is 720 g/mol. The highest BCUT2D eigenvalue weighted by Gasteiger charge is 2.40. The molecule has 2 aromatic rings. The van der Waals surface area contributed by atoms with Gasteiger partial charge < -0.3 is 44.9 Å². The molecule has 3 aliphatic heterocycles. The van der Waals surface area contributed by atoms with Gasteiger partial charge in [-0.3, -0.25) is 28.8 Å². The number of nitrogens with zero attached hydrogens (tertiary/aromatic N) is 3. The highest BCUT2D eigenvalue weighted by Crippen LogP contribution is 2.36. The monoisotopic (exact) mass is 776 g/mol. The van der Waals surface area contributed by atoms with Crippen molar-refractivity contribution in [1.29, 1.82) is 0 Å². The lowest BCUT2D eigenvalue weighted by Crippen LogP contribution is -2.61. The molecule has 0 spiro atoms. The molecule has 6 atom stereocenters. The number of ether oxygens (including phenoxy) is 3. The van der Waals surface area contributed by atoms with Crippen LogP contribution < -0.4 is 30.2 Å². The van der Waals surface area contributed by atoms with Gasteiger partial charge in [-0.2, -0.15) is 0 Å². The second kappa shape index (κ2) is 18.1. The first-order chi connectivity index (χ1) is 26.6. The van der Waals surface area contributed by atoms with Gasteiger partial charge in [-0.25, -0.2) is 0 Å². The number of methoxy groups -OCH3 is 2. The summed E-state index contributed by atoms with van der Waals surface area (Å²) in [5, 5.41) is 8.23. The summed E-state index contributed by atoms with van der Waals surface area (Å²) < 4.78 is 17.3. The average molecular weight is 777 g/mol. The van der Waals surface area contributed by atoms with Crippen molar-refractivity contribution in [2.75, 3.05) is 35.4 Å². The van der Waals surface area contributed by atoms with Gasteiger partial charge in [-0.05, 0) is 94.2 Å². The van der Waals surface area contributed by atoms with Crippen LogP contribution >= 0.6 is 0 Å². The van der Waals surface area contributed by atoms with Crippen molar-refractivity contribution in [2.24, 2.45) is 5.92 Å². The van der Waals surface area contributed by atoms with Crippen LogP contribution in [0, 0.1) is 5.92 Å². The third-order valence-corrected chi connectivity index (χ3v) is 11.4. The van der Waals surface area contributed by atoms with Crippen LogP contribution in [0.25, 0.3) is 0 Å². The van der Waals surface area contributed by atoms with Crippen LogP contribution in [0.5, 0.6) is 17.2 Å². The first-order valence-corrected chi connectivity index (χ1v) is 19.3. The summed E-state index contributed by atoms with van der Waals surface area (Å²) in [6, 6.07) is 5.99. The molecule has 1 aliphatic carbocycles. The SMILES string of the molecule is COc1ccc(C[C@H]2C(=O)N[C@@H](C)C(=O)N(C)[C@H]3CC4CCC(CC4)Oc4cc(ccc4OC)C[C@H](C(=O)N[C@@H](C)C(=O)N[C@@H](C)C(=O)N2C)N(C)C3=O)cc1. The van der Waals surface area contributed by atoms with Gasteiger partial charge in [0.15, 0.2) is 11.5 Å². The predicted octanol–water partition coefficient (Wildman–Crippen LogP) is 1.84. The van der Waals surface area contributed by atoms with Crippen LogP contribution in [0.3, 0.4) is 0 Å². The van der Waals surface area contributed by atoms with Gasteiger partial charge >= 0.3 is 0 Å². The molecule has 2 aromatic carbocycles. The van der Waals surface area contributed by atoms with Crippen molar-refractivity contribution in [3.63, 3.8) is 0 Å². The molecule has 15 nitrogen and oxygen atoms in total. The first kappa shape index (κ1) is 41.8. The molecule has 3 N–H and O–H groups in total. The lowest BCUT2D eigenvalue weighted by atomic mass is 9.82. The molecule has 1 saturated heterocycles. The van der Waals surface area contributed by atoms with Gasteiger partial charge in [-0.1, -0.05) is 18.2 Å². The fourth-order valence-electron chi connectivity index (χ4n) is 7.82. The second-order valence-electron chi connectivity index (χ2n) is 15.3. The van der Waals surface area contributed by atoms with Crippen LogP contribution in [0.2, 0.25) is 0 Å².